The molecular formula is C15H18IN3O. The van der Waals surface area contributed by atoms with Crippen molar-refractivity contribution in [2.45, 2.75) is 19.5 Å². The van der Waals surface area contributed by atoms with E-state index in [2.05, 4.69) is 39.9 Å². The summed E-state index contributed by atoms with van der Waals surface area (Å²) in [4.78, 5) is 4.49. The van der Waals surface area contributed by atoms with Crippen LogP contribution in [0.1, 0.15) is 22.9 Å². The van der Waals surface area contributed by atoms with Gasteiger partial charge in [0.05, 0.1) is 18.8 Å². The molecule has 0 saturated carbocycles. The monoisotopic (exact) mass is 383 g/mol. The third-order valence-corrected chi connectivity index (χ3v) is 3.36. The Morgan fingerprint density at radius 2 is 2.10 bits per heavy atom. The summed E-state index contributed by atoms with van der Waals surface area (Å²) in [6, 6.07) is 12.6. The number of hydrogen-bond donors (Lipinski definition) is 2. The van der Waals surface area contributed by atoms with Gasteiger partial charge in [-0.1, -0.05) is 30.3 Å². The molecule has 4 nitrogen and oxygen atoms in total. The Labute approximate surface area is 135 Å². The highest BCUT2D eigenvalue weighted by molar-refractivity contribution is 14.0. The number of rotatable bonds is 3. The van der Waals surface area contributed by atoms with Crippen LogP contribution >= 0.6 is 24.0 Å². The van der Waals surface area contributed by atoms with Crippen molar-refractivity contribution in [2.75, 3.05) is 6.54 Å². The first-order valence-electron chi connectivity index (χ1n) is 6.46. The number of aryl methyl sites for hydroxylation is 1. The van der Waals surface area contributed by atoms with E-state index in [1.54, 1.807) is 6.26 Å². The Balaban J connectivity index is 0.00000147. The van der Waals surface area contributed by atoms with E-state index in [1.807, 2.05) is 19.1 Å². The summed E-state index contributed by atoms with van der Waals surface area (Å²) in [5.74, 6) is 1.81. The van der Waals surface area contributed by atoms with Crippen molar-refractivity contribution in [2.24, 2.45) is 4.99 Å². The van der Waals surface area contributed by atoms with Crippen LogP contribution in [-0.4, -0.2) is 12.5 Å². The van der Waals surface area contributed by atoms with Crippen LogP contribution in [0, 0.1) is 6.92 Å². The summed E-state index contributed by atoms with van der Waals surface area (Å²) >= 11 is 0. The van der Waals surface area contributed by atoms with Gasteiger partial charge in [-0.3, -0.25) is 4.99 Å². The fourth-order valence-corrected chi connectivity index (χ4v) is 2.19. The van der Waals surface area contributed by atoms with Gasteiger partial charge in [-0.15, -0.1) is 24.0 Å². The Morgan fingerprint density at radius 1 is 1.30 bits per heavy atom. The molecule has 0 saturated heterocycles. The maximum Gasteiger partial charge on any atom is 0.192 e. The lowest BCUT2D eigenvalue weighted by atomic mass is 10.1. The van der Waals surface area contributed by atoms with Crippen molar-refractivity contribution >= 4 is 29.9 Å². The minimum absolute atomic E-state index is 0. The average Bonchev–Trinajstić information content (AvgIpc) is 3.06. The minimum atomic E-state index is 0. The summed E-state index contributed by atoms with van der Waals surface area (Å²) in [6.07, 6.45) is 1.71. The van der Waals surface area contributed by atoms with E-state index in [1.165, 1.54) is 5.56 Å². The molecule has 0 amide bonds. The Morgan fingerprint density at radius 3 is 2.80 bits per heavy atom. The maximum absolute atomic E-state index is 5.27. The number of furan rings is 1. The molecule has 1 aromatic heterocycles. The van der Waals surface area contributed by atoms with Gasteiger partial charge in [-0.05, 0) is 18.6 Å². The minimum Gasteiger partial charge on any atom is -0.469 e. The molecule has 1 atom stereocenters. The van der Waals surface area contributed by atoms with Gasteiger partial charge in [-0.25, -0.2) is 0 Å². The lowest BCUT2D eigenvalue weighted by molar-refractivity contribution is 0.529. The van der Waals surface area contributed by atoms with Crippen LogP contribution in [0.5, 0.6) is 0 Å². The molecule has 1 unspecified atom stereocenters. The third kappa shape index (κ3) is 3.33. The normalized spacial score (nSPS) is 17.1. The lowest BCUT2D eigenvalue weighted by Gasteiger charge is -2.12. The number of aliphatic imine (C=N–C) groups is 1. The van der Waals surface area contributed by atoms with Crippen molar-refractivity contribution < 1.29 is 4.42 Å². The second kappa shape index (κ2) is 6.78. The molecule has 2 N–H and O–H groups in total. The predicted molar refractivity (Wildman–Crippen MR) is 90.3 cm³/mol. The van der Waals surface area contributed by atoms with Gasteiger partial charge in [0.1, 0.15) is 5.76 Å². The van der Waals surface area contributed by atoms with Crippen molar-refractivity contribution in [3.63, 3.8) is 0 Å². The van der Waals surface area contributed by atoms with E-state index in [-0.39, 0.29) is 30.0 Å². The summed E-state index contributed by atoms with van der Waals surface area (Å²) < 4.78 is 5.27. The van der Waals surface area contributed by atoms with E-state index in [9.17, 15) is 0 Å². The van der Waals surface area contributed by atoms with E-state index < -0.39 is 0 Å². The molecule has 5 heteroatoms. The van der Waals surface area contributed by atoms with Crippen molar-refractivity contribution in [1.82, 2.24) is 10.6 Å². The molecule has 0 radical (unpaired) electrons. The van der Waals surface area contributed by atoms with Gasteiger partial charge >= 0.3 is 0 Å². The van der Waals surface area contributed by atoms with Crippen molar-refractivity contribution in [3.05, 3.63) is 59.5 Å². The molecule has 3 rings (SSSR count). The summed E-state index contributed by atoms with van der Waals surface area (Å²) in [5, 5.41) is 6.70. The average molecular weight is 383 g/mol. The van der Waals surface area contributed by atoms with Crippen LogP contribution in [-0.2, 0) is 6.54 Å². The molecule has 0 aliphatic carbocycles. The van der Waals surface area contributed by atoms with Crippen LogP contribution in [0.15, 0.2) is 52.1 Å². The molecule has 1 aromatic carbocycles. The zero-order chi connectivity index (χ0) is 13.1. The smallest absolute Gasteiger partial charge is 0.192 e. The van der Waals surface area contributed by atoms with Gasteiger partial charge in [0.2, 0.25) is 0 Å². The number of guanidine groups is 1. The van der Waals surface area contributed by atoms with Gasteiger partial charge < -0.3 is 15.1 Å². The van der Waals surface area contributed by atoms with Crippen LogP contribution in [0.2, 0.25) is 0 Å². The fourth-order valence-electron chi connectivity index (χ4n) is 2.19. The number of hydrogen-bond acceptors (Lipinski definition) is 4. The van der Waals surface area contributed by atoms with E-state index in [0.717, 1.165) is 30.4 Å². The van der Waals surface area contributed by atoms with Gasteiger partial charge in [-0.2, -0.15) is 0 Å². The number of nitrogens with zero attached hydrogens (tertiary/aromatic N) is 1. The van der Waals surface area contributed by atoms with Gasteiger partial charge in [0.15, 0.2) is 5.96 Å². The zero-order valence-electron chi connectivity index (χ0n) is 11.3. The number of benzene rings is 1. The molecule has 2 heterocycles. The second-order valence-electron chi connectivity index (χ2n) is 4.65. The first-order chi connectivity index (χ1) is 9.33. The van der Waals surface area contributed by atoms with Crippen molar-refractivity contribution in [1.29, 1.82) is 0 Å². The Kier molecular flexibility index (Phi) is 5.05. The molecule has 1 aliphatic heterocycles. The largest absolute Gasteiger partial charge is 0.469 e. The third-order valence-electron chi connectivity index (χ3n) is 3.36. The SMILES string of the molecule is Cc1occc1CNC1=NCC(c2ccccc2)N1.I. The molecule has 2 aromatic rings. The van der Waals surface area contributed by atoms with Crippen LogP contribution in [0.25, 0.3) is 0 Å². The molecular weight excluding hydrogens is 365 g/mol. The highest BCUT2D eigenvalue weighted by atomic mass is 127. The van der Waals surface area contributed by atoms with Crippen LogP contribution < -0.4 is 10.6 Å². The van der Waals surface area contributed by atoms with E-state index >= 15 is 0 Å². The molecule has 0 fully saturated rings. The first kappa shape index (κ1) is 14.9. The number of halogens is 1. The molecule has 20 heavy (non-hydrogen) atoms. The molecule has 0 bridgehead atoms. The van der Waals surface area contributed by atoms with Crippen LogP contribution in [0.3, 0.4) is 0 Å². The highest BCUT2D eigenvalue weighted by Crippen LogP contribution is 2.16. The lowest BCUT2D eigenvalue weighted by Crippen LogP contribution is -2.34. The topological polar surface area (TPSA) is 49.6 Å². The standard InChI is InChI=1S/C15H17N3O.HI/c1-11-13(7-8-19-11)9-16-15-17-10-14(18-15)12-5-3-2-4-6-12;/h2-8,14H,9-10H2,1H3,(H2,16,17,18);1H. The van der Waals surface area contributed by atoms with Crippen LogP contribution in [0.4, 0.5) is 0 Å². The van der Waals surface area contributed by atoms with Gasteiger partial charge in [0, 0.05) is 12.1 Å². The molecule has 106 valence electrons. The first-order valence-corrected chi connectivity index (χ1v) is 6.46. The predicted octanol–water partition coefficient (Wildman–Crippen LogP) is 3.00. The summed E-state index contributed by atoms with van der Waals surface area (Å²) in [5.41, 5.74) is 2.43. The van der Waals surface area contributed by atoms with E-state index in [4.69, 9.17) is 4.42 Å². The fraction of sp³-hybridized carbons (Fsp3) is 0.267. The quantitative estimate of drug-likeness (QED) is 0.802. The second-order valence-corrected chi connectivity index (χ2v) is 4.65. The molecule has 0 spiro atoms. The summed E-state index contributed by atoms with van der Waals surface area (Å²) in [7, 11) is 0. The summed E-state index contributed by atoms with van der Waals surface area (Å²) in [6.45, 7) is 3.47. The van der Waals surface area contributed by atoms with Crippen molar-refractivity contribution in [3.8, 4) is 0 Å². The highest BCUT2D eigenvalue weighted by Gasteiger charge is 2.18. The molecule has 1 aliphatic rings. The Bertz CT molecular complexity index is 580. The Hall–Kier alpha value is -1.50. The van der Waals surface area contributed by atoms with E-state index in [0.29, 0.717) is 0 Å². The number of nitrogens with one attached hydrogen (secondary N) is 2. The maximum atomic E-state index is 5.27. The zero-order valence-corrected chi connectivity index (χ0v) is 13.6. The van der Waals surface area contributed by atoms with Gasteiger partial charge in [0.25, 0.3) is 0 Å².